The van der Waals surface area contributed by atoms with Gasteiger partial charge in [-0.2, -0.15) is 10.1 Å². The summed E-state index contributed by atoms with van der Waals surface area (Å²) in [5.41, 5.74) is 1.90. The van der Waals surface area contributed by atoms with Gasteiger partial charge in [0, 0.05) is 18.6 Å². The van der Waals surface area contributed by atoms with Crippen LogP contribution in [-0.2, 0) is 20.1 Å². The molecule has 146 valence electrons. The Kier molecular flexibility index (Phi) is 4.38. The number of halogens is 1. The number of fused-ring (bicyclic) bond motifs is 3. The summed E-state index contributed by atoms with van der Waals surface area (Å²) in [6, 6.07) is 7.38. The number of aromatic nitrogens is 4. The standard InChI is InChI=1S/C19H21ClN6O2/c1-5-24-17(27)15-16(23(4)19(24)28)21-18-25(22-11(2)12(3)26(15)18)10-13-7-6-8-14(20)9-13/h6-9,12H,5,10H2,1-4H3/t12-/m1/s1. The van der Waals surface area contributed by atoms with Crippen LogP contribution in [0, 0.1) is 0 Å². The van der Waals surface area contributed by atoms with E-state index in [-0.39, 0.29) is 17.3 Å². The van der Waals surface area contributed by atoms with Gasteiger partial charge >= 0.3 is 5.69 Å². The van der Waals surface area contributed by atoms with E-state index in [1.165, 1.54) is 9.13 Å². The molecule has 1 aliphatic heterocycles. The average molecular weight is 401 g/mol. The summed E-state index contributed by atoms with van der Waals surface area (Å²) in [7, 11) is 1.63. The Hall–Kier alpha value is -2.87. The number of imidazole rings is 1. The molecule has 1 atom stereocenters. The molecule has 0 saturated heterocycles. The fraction of sp³-hybridized carbons (Fsp3) is 0.368. The SMILES string of the molecule is CCn1c(=O)c2c(nc3n2[C@H](C)C(C)=NN3Cc2cccc(Cl)c2)n(C)c1=O. The molecule has 9 heteroatoms. The van der Waals surface area contributed by atoms with Crippen molar-refractivity contribution in [2.24, 2.45) is 12.1 Å². The number of hydrogen-bond donors (Lipinski definition) is 0. The number of hydrogen-bond acceptors (Lipinski definition) is 5. The second-order valence-electron chi connectivity index (χ2n) is 6.95. The van der Waals surface area contributed by atoms with E-state index in [0.717, 1.165) is 11.3 Å². The monoisotopic (exact) mass is 400 g/mol. The fourth-order valence-corrected chi connectivity index (χ4v) is 3.79. The van der Waals surface area contributed by atoms with Crippen LogP contribution < -0.4 is 16.3 Å². The Balaban J connectivity index is 1.97. The van der Waals surface area contributed by atoms with Crippen molar-refractivity contribution in [3.63, 3.8) is 0 Å². The van der Waals surface area contributed by atoms with Gasteiger partial charge in [-0.3, -0.25) is 18.5 Å². The van der Waals surface area contributed by atoms with Gasteiger partial charge in [-0.25, -0.2) is 9.80 Å². The van der Waals surface area contributed by atoms with E-state index in [0.29, 0.717) is 35.2 Å². The average Bonchev–Trinajstić information content (AvgIpc) is 3.06. The van der Waals surface area contributed by atoms with E-state index in [1.807, 2.05) is 42.7 Å². The van der Waals surface area contributed by atoms with Crippen LogP contribution in [0.5, 0.6) is 0 Å². The van der Waals surface area contributed by atoms with E-state index in [4.69, 9.17) is 11.6 Å². The quantitative estimate of drug-likeness (QED) is 0.676. The highest BCUT2D eigenvalue weighted by Gasteiger charge is 2.30. The van der Waals surface area contributed by atoms with Crippen LogP contribution in [0.15, 0.2) is 39.0 Å². The normalized spacial score (nSPS) is 16.4. The van der Waals surface area contributed by atoms with Crippen molar-refractivity contribution in [3.8, 4) is 0 Å². The highest BCUT2D eigenvalue weighted by Crippen LogP contribution is 2.31. The predicted molar refractivity (Wildman–Crippen MR) is 110 cm³/mol. The molecule has 28 heavy (non-hydrogen) atoms. The summed E-state index contributed by atoms with van der Waals surface area (Å²) in [4.78, 5) is 30.2. The number of rotatable bonds is 3. The number of benzene rings is 1. The fourth-order valence-electron chi connectivity index (χ4n) is 3.58. The van der Waals surface area contributed by atoms with E-state index in [2.05, 4.69) is 10.1 Å². The van der Waals surface area contributed by atoms with Gasteiger partial charge in [-0.15, -0.1) is 0 Å². The molecule has 1 aliphatic rings. The van der Waals surface area contributed by atoms with Gasteiger partial charge in [-0.1, -0.05) is 23.7 Å². The van der Waals surface area contributed by atoms with Gasteiger partial charge in [0.05, 0.1) is 18.3 Å². The van der Waals surface area contributed by atoms with Crippen molar-refractivity contribution in [2.45, 2.75) is 39.9 Å². The van der Waals surface area contributed by atoms with Crippen LogP contribution in [0.2, 0.25) is 5.02 Å². The van der Waals surface area contributed by atoms with Crippen LogP contribution in [-0.4, -0.2) is 24.4 Å². The highest BCUT2D eigenvalue weighted by atomic mass is 35.5. The third-order valence-electron chi connectivity index (χ3n) is 5.20. The summed E-state index contributed by atoms with van der Waals surface area (Å²) in [6.07, 6.45) is 0. The molecule has 0 saturated carbocycles. The molecule has 3 heterocycles. The molecule has 0 radical (unpaired) electrons. The van der Waals surface area contributed by atoms with E-state index >= 15 is 0 Å². The summed E-state index contributed by atoms with van der Waals surface area (Å²) in [5.74, 6) is 0.536. The minimum Gasteiger partial charge on any atom is -0.294 e. The molecule has 8 nitrogen and oxygen atoms in total. The Morgan fingerprint density at radius 1 is 1.25 bits per heavy atom. The molecule has 0 unspecified atom stereocenters. The van der Waals surface area contributed by atoms with Crippen LogP contribution in [0.1, 0.15) is 32.4 Å². The summed E-state index contributed by atoms with van der Waals surface area (Å²) < 4.78 is 4.52. The Bertz CT molecular complexity index is 1240. The number of nitrogens with zero attached hydrogens (tertiary/aromatic N) is 6. The Labute approximate surface area is 166 Å². The van der Waals surface area contributed by atoms with E-state index in [9.17, 15) is 9.59 Å². The van der Waals surface area contributed by atoms with Gasteiger partial charge in [0.1, 0.15) is 0 Å². The van der Waals surface area contributed by atoms with Crippen LogP contribution in [0.3, 0.4) is 0 Å². The molecule has 2 aromatic heterocycles. The molecular formula is C19H21ClN6O2. The van der Waals surface area contributed by atoms with Crippen molar-refractivity contribution in [3.05, 3.63) is 55.7 Å². The summed E-state index contributed by atoms with van der Waals surface area (Å²) in [5, 5.41) is 7.07. The first-order valence-electron chi connectivity index (χ1n) is 9.12. The number of hydrazone groups is 1. The second kappa shape index (κ2) is 6.63. The lowest BCUT2D eigenvalue weighted by Crippen LogP contribution is -2.40. The van der Waals surface area contributed by atoms with Crippen molar-refractivity contribution in [2.75, 3.05) is 5.01 Å². The molecule has 0 spiro atoms. The molecule has 0 N–H and O–H groups in total. The summed E-state index contributed by atoms with van der Waals surface area (Å²) >= 11 is 6.11. The number of anilines is 1. The maximum Gasteiger partial charge on any atom is 0.332 e. The van der Waals surface area contributed by atoms with Crippen molar-refractivity contribution in [1.29, 1.82) is 0 Å². The first-order valence-corrected chi connectivity index (χ1v) is 9.50. The van der Waals surface area contributed by atoms with Crippen molar-refractivity contribution in [1.82, 2.24) is 18.7 Å². The Morgan fingerprint density at radius 2 is 2.00 bits per heavy atom. The van der Waals surface area contributed by atoms with E-state index in [1.54, 1.807) is 19.0 Å². The largest absolute Gasteiger partial charge is 0.332 e. The lowest BCUT2D eigenvalue weighted by molar-refractivity contribution is 0.618. The van der Waals surface area contributed by atoms with Gasteiger partial charge < -0.3 is 0 Å². The summed E-state index contributed by atoms with van der Waals surface area (Å²) in [6.45, 7) is 6.43. The van der Waals surface area contributed by atoms with Gasteiger partial charge in [0.2, 0.25) is 5.95 Å². The molecule has 0 fully saturated rings. The minimum atomic E-state index is -0.373. The zero-order chi connectivity index (χ0) is 20.2. The van der Waals surface area contributed by atoms with Crippen molar-refractivity contribution >= 4 is 34.4 Å². The van der Waals surface area contributed by atoms with Crippen molar-refractivity contribution < 1.29 is 0 Å². The van der Waals surface area contributed by atoms with Gasteiger partial charge in [-0.05, 0) is 38.5 Å². The topological polar surface area (TPSA) is 77.4 Å². The molecule has 0 bridgehead atoms. The Morgan fingerprint density at radius 3 is 2.68 bits per heavy atom. The molecule has 3 aromatic rings. The van der Waals surface area contributed by atoms with Gasteiger partial charge in [0.15, 0.2) is 11.2 Å². The lowest BCUT2D eigenvalue weighted by atomic mass is 10.2. The second-order valence-corrected chi connectivity index (χ2v) is 7.39. The molecule has 0 amide bonds. The first kappa shape index (κ1) is 18.5. The minimum absolute atomic E-state index is 0.147. The molecular weight excluding hydrogens is 380 g/mol. The van der Waals surface area contributed by atoms with Gasteiger partial charge in [0.25, 0.3) is 5.56 Å². The zero-order valence-corrected chi connectivity index (χ0v) is 16.9. The highest BCUT2D eigenvalue weighted by molar-refractivity contribution is 6.30. The lowest BCUT2D eigenvalue weighted by Gasteiger charge is -2.29. The molecule has 4 rings (SSSR count). The number of aryl methyl sites for hydroxylation is 1. The third-order valence-corrected chi connectivity index (χ3v) is 5.43. The zero-order valence-electron chi connectivity index (χ0n) is 16.2. The van der Waals surface area contributed by atoms with Crippen LogP contribution in [0.4, 0.5) is 5.95 Å². The first-order chi connectivity index (χ1) is 13.3. The van der Waals surface area contributed by atoms with Crippen LogP contribution >= 0.6 is 11.6 Å². The molecule has 1 aromatic carbocycles. The third kappa shape index (κ3) is 2.67. The smallest absolute Gasteiger partial charge is 0.294 e. The molecule has 0 aliphatic carbocycles. The van der Waals surface area contributed by atoms with Crippen LogP contribution in [0.25, 0.3) is 11.2 Å². The predicted octanol–water partition coefficient (Wildman–Crippen LogP) is 2.53. The maximum atomic E-state index is 13.0. The maximum absolute atomic E-state index is 13.0. The van der Waals surface area contributed by atoms with E-state index < -0.39 is 0 Å².